The average Bonchev–Trinajstić information content (AvgIpc) is 1.97. The van der Waals surface area contributed by atoms with E-state index in [1.165, 1.54) is 11.1 Å². The van der Waals surface area contributed by atoms with Crippen LogP contribution >= 0.6 is 27.2 Å². The fourth-order valence-electron chi connectivity index (χ4n) is 0.663. The Morgan fingerprint density at radius 2 is 1.27 bits per heavy atom. The summed E-state index contributed by atoms with van der Waals surface area (Å²) in [5, 5.41) is 0. The van der Waals surface area contributed by atoms with Gasteiger partial charge in [0.1, 0.15) is 0 Å². The molecule has 1 aromatic rings. The van der Waals surface area contributed by atoms with Crippen molar-refractivity contribution in [3.05, 3.63) is 35.4 Å². The monoisotopic (exact) mass is 328 g/mol. The fourth-order valence-corrected chi connectivity index (χ4v) is 0.663. The molecule has 0 fully saturated rings. The van der Waals surface area contributed by atoms with E-state index in [-0.39, 0.29) is 13.2 Å². The van der Waals surface area contributed by atoms with E-state index in [0.717, 1.165) is 0 Å². The molecule has 0 saturated carbocycles. The van der Waals surface area contributed by atoms with Gasteiger partial charge >= 0.3 is 40.5 Å². The Labute approximate surface area is 89.1 Å². The van der Waals surface area contributed by atoms with Crippen LogP contribution in [0.2, 0.25) is 0 Å². The zero-order valence-corrected chi connectivity index (χ0v) is 12.9. The van der Waals surface area contributed by atoms with E-state index < -0.39 is 0 Å². The van der Waals surface area contributed by atoms with Crippen molar-refractivity contribution in [1.29, 1.82) is 0 Å². The Morgan fingerprint density at radius 3 is 1.45 bits per heavy atom. The van der Waals surface area contributed by atoms with Crippen LogP contribution in [0.4, 0.5) is 0 Å². The van der Waals surface area contributed by atoms with Crippen molar-refractivity contribution in [2.24, 2.45) is 0 Å². The van der Waals surface area contributed by atoms with E-state index >= 15 is 0 Å². The van der Waals surface area contributed by atoms with Gasteiger partial charge in [-0.2, -0.15) is 0 Å². The Bertz CT molecular complexity index is 180. The van der Waals surface area contributed by atoms with Crippen molar-refractivity contribution in [2.45, 2.75) is 13.8 Å². The summed E-state index contributed by atoms with van der Waals surface area (Å²) in [5.74, 6) is 0. The van der Waals surface area contributed by atoms with Crippen LogP contribution in [0.1, 0.15) is 11.1 Å². The number of benzene rings is 1. The van der Waals surface area contributed by atoms with Gasteiger partial charge < -0.3 is 0 Å². The topological polar surface area (TPSA) is 0 Å². The molecular weight excluding hydrogens is 321 g/mol. The molecule has 0 N–H and O–H groups in total. The van der Waals surface area contributed by atoms with Gasteiger partial charge in [-0.15, -0.1) is 0 Å². The molecule has 0 aliphatic carbocycles. The van der Waals surface area contributed by atoms with Crippen LogP contribution in [-0.2, 0) is 13.2 Å². The Hall–Kier alpha value is 0.803. The zero-order valence-electron chi connectivity index (χ0n) is 6.77. The number of hydrogen-bond acceptors (Lipinski definition) is 0. The normalized spacial score (nSPS) is 7.64. The van der Waals surface area contributed by atoms with Crippen molar-refractivity contribution in [2.75, 3.05) is 0 Å². The molecule has 1 rings (SSSR count). The first-order valence-electron chi connectivity index (χ1n) is 3.36. The zero-order chi connectivity index (χ0) is 8.69. The quantitative estimate of drug-likeness (QED) is 0.631. The minimum absolute atomic E-state index is 0.250. The summed E-state index contributed by atoms with van der Waals surface area (Å²) in [6.45, 7) is 4.24. The summed E-state index contributed by atoms with van der Waals surface area (Å²) in [5.41, 5.74) is 2.74. The number of hydrogen-bond donors (Lipinski definition) is 0. The van der Waals surface area contributed by atoms with Gasteiger partial charge in [-0.25, -0.2) is 0 Å². The maximum absolute atomic E-state index is 3.25. The summed E-state index contributed by atoms with van der Waals surface area (Å²) in [7, 11) is 0. The van der Waals surface area contributed by atoms with E-state index in [1.54, 1.807) is 0 Å². The molecule has 1 aromatic carbocycles. The summed E-state index contributed by atoms with van der Waals surface area (Å²) < 4.78 is 0. The standard InChI is InChI=1S/C8H10.2BrH.Zn/c1-7-5-3-4-6-8(7)2;;;/h3-6H,1-2H3;2*1H;/q;;;+2/p-2. The molecule has 0 aliphatic rings. The van der Waals surface area contributed by atoms with Crippen LogP contribution in [0.3, 0.4) is 0 Å². The summed E-state index contributed by atoms with van der Waals surface area (Å²) in [6.07, 6.45) is 0. The van der Waals surface area contributed by atoms with Crippen molar-refractivity contribution in [3.63, 3.8) is 0 Å². The van der Waals surface area contributed by atoms with Crippen molar-refractivity contribution < 1.29 is 13.2 Å². The summed E-state index contributed by atoms with van der Waals surface area (Å²) in [4.78, 5) is 0. The third kappa shape index (κ3) is 6.01. The molecule has 0 aliphatic heterocycles. The predicted octanol–water partition coefficient (Wildman–Crippen LogP) is 3.99. The predicted molar refractivity (Wildman–Crippen MR) is 53.8 cm³/mol. The van der Waals surface area contributed by atoms with Crippen LogP contribution < -0.4 is 0 Å². The van der Waals surface area contributed by atoms with Crippen LogP contribution in [-0.4, -0.2) is 0 Å². The molecule has 0 atom stereocenters. The molecule has 0 saturated heterocycles. The van der Waals surface area contributed by atoms with Crippen molar-refractivity contribution >= 4 is 27.2 Å². The van der Waals surface area contributed by atoms with E-state index in [2.05, 4.69) is 65.4 Å². The first-order chi connectivity index (χ1) is 5.22. The van der Waals surface area contributed by atoms with Crippen LogP contribution in [0, 0.1) is 13.8 Å². The van der Waals surface area contributed by atoms with Crippen molar-refractivity contribution in [1.82, 2.24) is 0 Å². The summed E-state index contributed by atoms with van der Waals surface area (Å²) in [6, 6.07) is 8.36. The minimum atomic E-state index is -0.250. The van der Waals surface area contributed by atoms with Crippen LogP contribution in [0.15, 0.2) is 24.3 Å². The van der Waals surface area contributed by atoms with Crippen molar-refractivity contribution in [3.8, 4) is 0 Å². The Morgan fingerprint density at radius 1 is 1.00 bits per heavy atom. The van der Waals surface area contributed by atoms with Gasteiger partial charge in [-0.3, -0.25) is 0 Å². The van der Waals surface area contributed by atoms with Gasteiger partial charge in [0, 0.05) is 0 Å². The van der Waals surface area contributed by atoms with E-state index in [1.807, 2.05) is 0 Å². The average molecular weight is 331 g/mol. The maximum atomic E-state index is 3.25. The Balaban J connectivity index is 0.000000292. The molecule has 0 radical (unpaired) electrons. The number of halogens is 2. The third-order valence-corrected chi connectivity index (χ3v) is 1.43. The molecule has 0 spiro atoms. The first kappa shape index (κ1) is 11.8. The van der Waals surface area contributed by atoms with Gasteiger partial charge in [0.15, 0.2) is 0 Å². The molecule has 0 unspecified atom stereocenters. The first-order valence-corrected chi connectivity index (χ1v) is 17.3. The molecule has 0 nitrogen and oxygen atoms in total. The van der Waals surface area contributed by atoms with Gasteiger partial charge in [0.05, 0.1) is 0 Å². The molecule has 0 heterocycles. The second-order valence-corrected chi connectivity index (χ2v) is 16.3. The van der Waals surface area contributed by atoms with E-state index in [0.29, 0.717) is 0 Å². The molecular formula is C8H10Br2Zn. The van der Waals surface area contributed by atoms with Gasteiger partial charge in [0.25, 0.3) is 0 Å². The molecule has 0 aromatic heterocycles. The van der Waals surface area contributed by atoms with Crippen LogP contribution in [0.5, 0.6) is 0 Å². The molecule has 11 heavy (non-hydrogen) atoms. The molecule has 0 amide bonds. The van der Waals surface area contributed by atoms with Crippen LogP contribution in [0.25, 0.3) is 0 Å². The van der Waals surface area contributed by atoms with Gasteiger partial charge in [-0.1, -0.05) is 24.3 Å². The van der Waals surface area contributed by atoms with E-state index in [4.69, 9.17) is 0 Å². The second-order valence-electron chi connectivity index (χ2n) is 2.19. The molecule has 58 valence electrons. The van der Waals surface area contributed by atoms with E-state index in [9.17, 15) is 0 Å². The van der Waals surface area contributed by atoms with Gasteiger partial charge in [0.2, 0.25) is 0 Å². The number of rotatable bonds is 0. The summed E-state index contributed by atoms with van der Waals surface area (Å²) >= 11 is 6.25. The Kier molecular flexibility index (Phi) is 8.00. The fraction of sp³-hybridized carbons (Fsp3) is 0.250. The third-order valence-electron chi connectivity index (χ3n) is 1.43. The molecule has 0 bridgehead atoms. The molecule has 3 heteroatoms. The number of aryl methyl sites for hydroxylation is 2. The van der Waals surface area contributed by atoms with Gasteiger partial charge in [-0.05, 0) is 25.0 Å². The second kappa shape index (κ2) is 7.45. The SMILES string of the molecule is Cc1ccccc1C.[Br][Zn][Br].